The lowest BCUT2D eigenvalue weighted by atomic mass is 10.1. The summed E-state index contributed by atoms with van der Waals surface area (Å²) < 4.78 is 5.68. The van der Waals surface area contributed by atoms with Gasteiger partial charge in [0.25, 0.3) is 0 Å². The number of carbonyl (C=O) groups excluding carboxylic acids is 1. The van der Waals surface area contributed by atoms with Crippen molar-refractivity contribution in [2.24, 2.45) is 0 Å². The van der Waals surface area contributed by atoms with E-state index in [1.165, 1.54) is 17.8 Å². The number of thiazole rings is 1. The van der Waals surface area contributed by atoms with Gasteiger partial charge in [-0.3, -0.25) is 5.32 Å². The summed E-state index contributed by atoms with van der Waals surface area (Å²) in [5.41, 5.74) is 1.11. The van der Waals surface area contributed by atoms with Gasteiger partial charge < -0.3 is 9.64 Å². The van der Waals surface area contributed by atoms with E-state index in [2.05, 4.69) is 10.3 Å². The molecule has 23 heavy (non-hydrogen) atoms. The second-order valence-electron chi connectivity index (χ2n) is 5.69. The molecule has 2 heterocycles. The molecule has 122 valence electrons. The molecule has 1 atom stereocenters. The molecular weight excluding hydrogens is 310 g/mol. The first-order valence-corrected chi connectivity index (χ1v) is 8.69. The molecule has 1 aliphatic heterocycles. The van der Waals surface area contributed by atoms with E-state index in [4.69, 9.17) is 4.74 Å². The van der Waals surface area contributed by atoms with E-state index in [0.29, 0.717) is 11.7 Å². The Morgan fingerprint density at radius 3 is 2.96 bits per heavy atom. The molecule has 5 nitrogen and oxygen atoms in total. The molecule has 0 spiro atoms. The number of benzene rings is 1. The Morgan fingerprint density at radius 2 is 2.22 bits per heavy atom. The maximum atomic E-state index is 12.3. The summed E-state index contributed by atoms with van der Waals surface area (Å²) in [5.74, 6) is 0. The van der Waals surface area contributed by atoms with Crippen LogP contribution in [0, 0.1) is 0 Å². The summed E-state index contributed by atoms with van der Waals surface area (Å²) in [6.07, 6.45) is 5.25. The third-order valence-corrected chi connectivity index (χ3v) is 4.84. The van der Waals surface area contributed by atoms with Crippen molar-refractivity contribution in [1.82, 2.24) is 9.88 Å². The van der Waals surface area contributed by atoms with Gasteiger partial charge in [-0.1, -0.05) is 41.7 Å². The molecule has 2 amide bonds. The highest BCUT2D eigenvalue weighted by Gasteiger charge is 2.19. The van der Waals surface area contributed by atoms with Gasteiger partial charge >= 0.3 is 6.03 Å². The Hall–Kier alpha value is -1.92. The van der Waals surface area contributed by atoms with Crippen LogP contribution in [0.3, 0.4) is 0 Å². The van der Waals surface area contributed by atoms with Crippen molar-refractivity contribution in [2.45, 2.75) is 25.4 Å². The van der Waals surface area contributed by atoms with Crippen molar-refractivity contribution in [3.8, 4) is 10.4 Å². The van der Waals surface area contributed by atoms with Crippen LogP contribution in [0.2, 0.25) is 0 Å². The van der Waals surface area contributed by atoms with Gasteiger partial charge in [-0.05, 0) is 24.8 Å². The average molecular weight is 331 g/mol. The highest BCUT2D eigenvalue weighted by molar-refractivity contribution is 7.19. The number of ether oxygens (including phenoxy) is 1. The van der Waals surface area contributed by atoms with E-state index in [1.54, 1.807) is 18.1 Å². The van der Waals surface area contributed by atoms with Crippen molar-refractivity contribution >= 4 is 22.5 Å². The van der Waals surface area contributed by atoms with Crippen LogP contribution >= 0.6 is 11.3 Å². The molecule has 1 unspecified atom stereocenters. The predicted molar refractivity (Wildman–Crippen MR) is 92.8 cm³/mol. The molecule has 0 aliphatic carbocycles. The molecule has 1 fully saturated rings. The molecule has 0 radical (unpaired) electrons. The lowest BCUT2D eigenvalue weighted by Crippen LogP contribution is -2.39. The van der Waals surface area contributed by atoms with E-state index in [-0.39, 0.29) is 12.1 Å². The van der Waals surface area contributed by atoms with Crippen molar-refractivity contribution in [2.75, 3.05) is 25.5 Å². The van der Waals surface area contributed by atoms with Crippen LogP contribution in [-0.4, -0.2) is 42.2 Å². The van der Waals surface area contributed by atoms with Crippen molar-refractivity contribution < 1.29 is 9.53 Å². The van der Waals surface area contributed by atoms with Crippen molar-refractivity contribution in [3.05, 3.63) is 36.5 Å². The number of rotatable bonds is 4. The molecule has 1 aromatic heterocycles. The average Bonchev–Trinajstić information content (AvgIpc) is 3.05. The van der Waals surface area contributed by atoms with E-state index in [0.717, 1.165) is 29.9 Å². The first kappa shape index (κ1) is 16.0. The van der Waals surface area contributed by atoms with Gasteiger partial charge in [0.15, 0.2) is 5.13 Å². The lowest BCUT2D eigenvalue weighted by Gasteiger charge is -2.27. The third-order valence-electron chi connectivity index (χ3n) is 3.88. The summed E-state index contributed by atoms with van der Waals surface area (Å²) in [6.45, 7) is 1.41. The van der Waals surface area contributed by atoms with Gasteiger partial charge in [-0.15, -0.1) is 0 Å². The molecule has 1 N–H and O–H groups in total. The molecule has 0 bridgehead atoms. The molecular formula is C17H21N3O2S. The van der Waals surface area contributed by atoms with Crippen LogP contribution < -0.4 is 5.32 Å². The maximum absolute atomic E-state index is 12.3. The van der Waals surface area contributed by atoms with Gasteiger partial charge in [0.1, 0.15) is 0 Å². The second-order valence-corrected chi connectivity index (χ2v) is 6.73. The molecule has 2 aromatic rings. The fraction of sp³-hybridized carbons (Fsp3) is 0.412. The van der Waals surface area contributed by atoms with Crippen LogP contribution in [0.25, 0.3) is 10.4 Å². The van der Waals surface area contributed by atoms with Crippen molar-refractivity contribution in [1.29, 1.82) is 0 Å². The van der Waals surface area contributed by atoms with Gasteiger partial charge in [0.05, 0.1) is 11.0 Å². The standard InChI is InChI=1S/C17H21N3O2S/c1-20(12-14-9-5-6-10-22-14)17(21)19-16-18-11-15(23-16)13-7-3-2-4-8-13/h2-4,7-8,11,14H,5-6,9-10,12H2,1H3,(H,18,19,21). The summed E-state index contributed by atoms with van der Waals surface area (Å²) in [4.78, 5) is 19.3. The number of carbonyl (C=O) groups is 1. The van der Waals surface area contributed by atoms with Gasteiger partial charge in [0.2, 0.25) is 0 Å². The normalized spacial score (nSPS) is 17.7. The van der Waals surface area contributed by atoms with Crippen molar-refractivity contribution in [3.63, 3.8) is 0 Å². The van der Waals surface area contributed by atoms with Gasteiger partial charge in [0, 0.05) is 26.4 Å². The number of urea groups is 1. The Balaban J connectivity index is 1.56. The number of hydrogen-bond acceptors (Lipinski definition) is 4. The fourth-order valence-corrected chi connectivity index (χ4v) is 3.41. The van der Waals surface area contributed by atoms with E-state index < -0.39 is 0 Å². The van der Waals surface area contributed by atoms with Gasteiger partial charge in [-0.25, -0.2) is 9.78 Å². The Morgan fingerprint density at radius 1 is 1.39 bits per heavy atom. The second kappa shape index (κ2) is 7.57. The Labute approximate surface area is 140 Å². The first-order valence-electron chi connectivity index (χ1n) is 7.87. The van der Waals surface area contributed by atoms with Crippen LogP contribution in [-0.2, 0) is 4.74 Å². The number of nitrogens with zero attached hydrogens (tertiary/aromatic N) is 2. The fourth-order valence-electron chi connectivity index (χ4n) is 2.59. The minimum absolute atomic E-state index is 0.145. The maximum Gasteiger partial charge on any atom is 0.323 e. The van der Waals surface area contributed by atoms with E-state index in [1.807, 2.05) is 30.3 Å². The van der Waals surface area contributed by atoms with Gasteiger partial charge in [-0.2, -0.15) is 0 Å². The Kier molecular flexibility index (Phi) is 5.25. The molecule has 1 aromatic carbocycles. The highest BCUT2D eigenvalue weighted by atomic mass is 32.1. The van der Waals surface area contributed by atoms with Crippen LogP contribution in [0.5, 0.6) is 0 Å². The largest absolute Gasteiger partial charge is 0.376 e. The molecule has 1 saturated heterocycles. The summed E-state index contributed by atoms with van der Waals surface area (Å²) >= 11 is 1.48. The van der Waals surface area contributed by atoms with Crippen LogP contribution in [0.15, 0.2) is 36.5 Å². The summed E-state index contributed by atoms with van der Waals surface area (Å²) in [5, 5.41) is 3.48. The number of nitrogens with one attached hydrogen (secondary N) is 1. The minimum atomic E-state index is -0.145. The molecule has 6 heteroatoms. The minimum Gasteiger partial charge on any atom is -0.376 e. The zero-order chi connectivity index (χ0) is 16.1. The smallest absolute Gasteiger partial charge is 0.323 e. The SMILES string of the molecule is CN(CC1CCCCO1)C(=O)Nc1ncc(-c2ccccc2)s1. The third kappa shape index (κ3) is 4.30. The monoisotopic (exact) mass is 331 g/mol. The highest BCUT2D eigenvalue weighted by Crippen LogP contribution is 2.28. The van der Waals surface area contributed by atoms with E-state index in [9.17, 15) is 4.79 Å². The zero-order valence-corrected chi connectivity index (χ0v) is 14.0. The number of amides is 2. The topological polar surface area (TPSA) is 54.5 Å². The quantitative estimate of drug-likeness (QED) is 0.926. The van der Waals surface area contributed by atoms with Crippen LogP contribution in [0.1, 0.15) is 19.3 Å². The molecule has 0 saturated carbocycles. The first-order chi connectivity index (χ1) is 11.2. The number of hydrogen-bond donors (Lipinski definition) is 1. The number of aromatic nitrogens is 1. The number of anilines is 1. The lowest BCUT2D eigenvalue weighted by molar-refractivity contribution is 0.00463. The molecule has 1 aliphatic rings. The molecule has 3 rings (SSSR count). The van der Waals surface area contributed by atoms with Crippen LogP contribution in [0.4, 0.5) is 9.93 Å². The Bertz CT molecular complexity index is 638. The number of likely N-dealkylation sites (N-methyl/N-ethyl adjacent to an activating group) is 1. The predicted octanol–water partition coefficient (Wildman–Crippen LogP) is 3.84. The summed E-state index contributed by atoms with van der Waals surface area (Å²) in [6, 6.07) is 9.89. The van der Waals surface area contributed by atoms with E-state index >= 15 is 0 Å². The zero-order valence-electron chi connectivity index (χ0n) is 13.2. The summed E-state index contributed by atoms with van der Waals surface area (Å²) in [7, 11) is 1.79.